The number of anilines is 1. The second-order valence-corrected chi connectivity index (χ2v) is 8.67. The van der Waals surface area contributed by atoms with E-state index in [1.807, 2.05) is 68.2 Å². The van der Waals surface area contributed by atoms with Crippen molar-refractivity contribution in [3.63, 3.8) is 0 Å². The van der Waals surface area contributed by atoms with Crippen LogP contribution in [-0.2, 0) is 13.3 Å². The highest BCUT2D eigenvalue weighted by atomic mass is 16.5. The molecule has 0 aliphatic rings. The molecule has 4 aromatic rings. The lowest BCUT2D eigenvalue weighted by atomic mass is 10.1. The minimum absolute atomic E-state index is 0.176. The number of benzene rings is 1. The first-order valence-corrected chi connectivity index (χ1v) is 11.2. The Kier molecular flexibility index (Phi) is 6.28. The summed E-state index contributed by atoms with van der Waals surface area (Å²) in [5.41, 5.74) is 7.32. The summed E-state index contributed by atoms with van der Waals surface area (Å²) < 4.78 is 15.0. The van der Waals surface area contributed by atoms with Crippen LogP contribution in [-0.4, -0.2) is 30.6 Å². The average Bonchev–Trinajstić information content (AvgIpc) is 3.39. The summed E-state index contributed by atoms with van der Waals surface area (Å²) in [6, 6.07) is 7.91. The Morgan fingerprint density at radius 1 is 1.00 bits per heavy atom. The molecule has 0 atom stereocenters. The smallest absolute Gasteiger partial charge is 0.278 e. The molecule has 0 saturated heterocycles. The van der Waals surface area contributed by atoms with Crippen LogP contribution < -0.4 is 10.1 Å². The van der Waals surface area contributed by atoms with Gasteiger partial charge in [-0.3, -0.25) is 4.79 Å². The van der Waals surface area contributed by atoms with E-state index in [0.29, 0.717) is 29.4 Å². The lowest BCUT2D eigenvalue weighted by molar-refractivity contribution is 0.101. The number of nitrogens with one attached hydrogen (secondary N) is 1. The first-order valence-electron chi connectivity index (χ1n) is 11.2. The molecule has 0 unspecified atom stereocenters. The quantitative estimate of drug-likeness (QED) is 0.432. The summed E-state index contributed by atoms with van der Waals surface area (Å²) in [7, 11) is 0. The monoisotopic (exact) mass is 462 g/mol. The third-order valence-corrected chi connectivity index (χ3v) is 6.05. The van der Waals surface area contributed by atoms with Gasteiger partial charge < -0.3 is 14.6 Å². The maximum Gasteiger partial charge on any atom is 0.278 e. The molecule has 1 N–H and O–H groups in total. The second kappa shape index (κ2) is 9.17. The fourth-order valence-electron chi connectivity index (χ4n) is 3.83. The van der Waals surface area contributed by atoms with E-state index in [0.717, 1.165) is 28.4 Å². The van der Waals surface area contributed by atoms with Gasteiger partial charge in [-0.1, -0.05) is 11.2 Å². The number of hydrogen-bond acceptors (Lipinski definition) is 6. The Bertz CT molecular complexity index is 1360. The van der Waals surface area contributed by atoms with Crippen LogP contribution in [0, 0.1) is 48.5 Å². The standard InChI is InChI=1S/C25H30N6O3/c1-14-8-9-21(10-15(14)2)33-12-22-20(7)34-29-24(22)25(32)26-23-18(5)28-31(19(23)6)13-30-17(4)11-16(3)27-30/h8-11H,12-13H2,1-7H3,(H,26,32). The third kappa shape index (κ3) is 4.59. The van der Waals surface area contributed by atoms with Crippen LogP contribution in [0.5, 0.6) is 5.75 Å². The molecule has 178 valence electrons. The van der Waals surface area contributed by atoms with Crippen molar-refractivity contribution >= 4 is 11.6 Å². The Morgan fingerprint density at radius 2 is 1.76 bits per heavy atom. The zero-order valence-electron chi connectivity index (χ0n) is 20.7. The van der Waals surface area contributed by atoms with E-state index >= 15 is 0 Å². The summed E-state index contributed by atoms with van der Waals surface area (Å²) in [6.45, 7) is 14.2. The fourth-order valence-corrected chi connectivity index (χ4v) is 3.83. The number of hydrogen-bond donors (Lipinski definition) is 1. The minimum Gasteiger partial charge on any atom is -0.489 e. The fraction of sp³-hybridized carbons (Fsp3) is 0.360. The highest BCUT2D eigenvalue weighted by molar-refractivity contribution is 6.04. The van der Waals surface area contributed by atoms with Gasteiger partial charge in [-0.15, -0.1) is 0 Å². The van der Waals surface area contributed by atoms with Gasteiger partial charge in [0.1, 0.15) is 24.8 Å². The Balaban J connectivity index is 1.51. The van der Waals surface area contributed by atoms with Gasteiger partial charge in [0.2, 0.25) is 0 Å². The minimum atomic E-state index is -0.368. The van der Waals surface area contributed by atoms with E-state index in [9.17, 15) is 4.79 Å². The van der Waals surface area contributed by atoms with Crippen molar-refractivity contribution in [2.75, 3.05) is 5.32 Å². The summed E-state index contributed by atoms with van der Waals surface area (Å²) in [6.07, 6.45) is 0. The Hall–Kier alpha value is -3.88. The molecule has 0 spiro atoms. The third-order valence-electron chi connectivity index (χ3n) is 6.05. The van der Waals surface area contributed by atoms with E-state index in [1.165, 1.54) is 5.56 Å². The molecular formula is C25H30N6O3. The van der Waals surface area contributed by atoms with E-state index in [4.69, 9.17) is 9.26 Å². The van der Waals surface area contributed by atoms with Crippen LogP contribution in [0.3, 0.4) is 0 Å². The number of amides is 1. The van der Waals surface area contributed by atoms with Crippen molar-refractivity contribution in [3.8, 4) is 5.75 Å². The molecule has 3 heterocycles. The molecule has 0 saturated carbocycles. The van der Waals surface area contributed by atoms with E-state index < -0.39 is 0 Å². The zero-order valence-corrected chi connectivity index (χ0v) is 20.7. The molecular weight excluding hydrogens is 432 g/mol. The predicted molar refractivity (Wildman–Crippen MR) is 128 cm³/mol. The van der Waals surface area contributed by atoms with Crippen LogP contribution in [0.2, 0.25) is 0 Å². The van der Waals surface area contributed by atoms with Gasteiger partial charge in [0, 0.05) is 5.69 Å². The van der Waals surface area contributed by atoms with Gasteiger partial charge in [0.25, 0.3) is 5.91 Å². The lowest BCUT2D eigenvalue weighted by Gasteiger charge is -2.10. The highest BCUT2D eigenvalue weighted by Gasteiger charge is 2.23. The molecule has 9 nitrogen and oxygen atoms in total. The molecule has 0 bridgehead atoms. The number of nitrogens with zero attached hydrogens (tertiary/aromatic N) is 5. The highest BCUT2D eigenvalue weighted by Crippen LogP contribution is 2.24. The van der Waals surface area contributed by atoms with Crippen LogP contribution in [0.15, 0.2) is 28.8 Å². The molecule has 0 aliphatic heterocycles. The summed E-state index contributed by atoms with van der Waals surface area (Å²) in [5, 5.41) is 16.0. The van der Waals surface area contributed by atoms with Gasteiger partial charge in [-0.2, -0.15) is 10.2 Å². The van der Waals surface area contributed by atoms with E-state index in [1.54, 1.807) is 6.92 Å². The van der Waals surface area contributed by atoms with Crippen molar-refractivity contribution in [3.05, 3.63) is 75.2 Å². The first kappa shape index (κ1) is 23.3. The molecule has 0 aliphatic carbocycles. The van der Waals surface area contributed by atoms with Crippen LogP contribution in [0.4, 0.5) is 5.69 Å². The Labute approximate surface area is 198 Å². The largest absolute Gasteiger partial charge is 0.489 e. The van der Waals surface area contributed by atoms with Crippen LogP contribution >= 0.6 is 0 Å². The number of aromatic nitrogens is 5. The van der Waals surface area contributed by atoms with E-state index in [2.05, 4.69) is 27.6 Å². The second-order valence-electron chi connectivity index (χ2n) is 8.67. The molecule has 34 heavy (non-hydrogen) atoms. The topological polar surface area (TPSA) is 100 Å². The van der Waals surface area contributed by atoms with Gasteiger partial charge >= 0.3 is 0 Å². The molecule has 9 heteroatoms. The lowest BCUT2D eigenvalue weighted by Crippen LogP contribution is -2.17. The predicted octanol–water partition coefficient (Wildman–Crippen LogP) is 4.56. The SMILES string of the molecule is Cc1cc(C)n(Cn2nc(C)c(NC(=O)c3noc(C)c3COc3ccc(C)c(C)c3)c2C)n1. The van der Waals surface area contributed by atoms with Gasteiger partial charge in [-0.05, 0) is 77.8 Å². The number of carbonyl (C=O) groups excluding carboxylic acids is 1. The van der Waals surface area contributed by atoms with Gasteiger partial charge in [0.15, 0.2) is 5.69 Å². The Morgan fingerprint density at radius 3 is 2.44 bits per heavy atom. The van der Waals surface area contributed by atoms with Crippen molar-refractivity contribution in [2.45, 2.75) is 61.7 Å². The van der Waals surface area contributed by atoms with Gasteiger partial charge in [-0.25, -0.2) is 9.36 Å². The normalized spacial score (nSPS) is 11.1. The number of aryl methyl sites for hydroxylation is 6. The molecule has 4 rings (SSSR count). The van der Waals surface area contributed by atoms with Crippen molar-refractivity contribution in [2.24, 2.45) is 0 Å². The summed E-state index contributed by atoms with van der Waals surface area (Å²) >= 11 is 0. The number of carbonyl (C=O) groups is 1. The van der Waals surface area contributed by atoms with Crippen molar-refractivity contribution < 1.29 is 14.1 Å². The average molecular weight is 463 g/mol. The maximum absolute atomic E-state index is 13.1. The first-order chi connectivity index (χ1) is 16.1. The van der Waals surface area contributed by atoms with Crippen molar-refractivity contribution in [1.29, 1.82) is 0 Å². The van der Waals surface area contributed by atoms with E-state index in [-0.39, 0.29) is 18.2 Å². The van der Waals surface area contributed by atoms with Crippen LogP contribution in [0.1, 0.15) is 55.7 Å². The molecule has 1 aromatic carbocycles. The van der Waals surface area contributed by atoms with Crippen LogP contribution in [0.25, 0.3) is 0 Å². The zero-order chi connectivity index (χ0) is 24.6. The molecule has 0 fully saturated rings. The van der Waals surface area contributed by atoms with Gasteiger partial charge in [0.05, 0.1) is 28.3 Å². The number of ether oxygens (including phenoxy) is 1. The summed E-state index contributed by atoms with van der Waals surface area (Å²) in [5.74, 6) is 0.905. The molecule has 1 amide bonds. The number of rotatable bonds is 7. The maximum atomic E-state index is 13.1. The summed E-state index contributed by atoms with van der Waals surface area (Å²) in [4.78, 5) is 13.1. The van der Waals surface area contributed by atoms with Crippen molar-refractivity contribution in [1.82, 2.24) is 24.7 Å². The molecule has 3 aromatic heterocycles. The molecule has 0 radical (unpaired) electrons.